The van der Waals surface area contributed by atoms with Crippen LogP contribution in [0.15, 0.2) is 24.5 Å². The lowest BCUT2D eigenvalue weighted by molar-refractivity contribution is -0.141. The minimum absolute atomic E-state index is 0.173. The first kappa shape index (κ1) is 13.6. The van der Waals surface area contributed by atoms with E-state index in [0.717, 1.165) is 5.56 Å². The van der Waals surface area contributed by atoms with Gasteiger partial charge in [-0.1, -0.05) is 13.0 Å². The molecule has 1 aromatic rings. The summed E-state index contributed by atoms with van der Waals surface area (Å²) in [5.41, 5.74) is 6.75. The number of rotatable bonds is 4. The van der Waals surface area contributed by atoms with Crippen molar-refractivity contribution in [2.75, 3.05) is 13.1 Å². The zero-order valence-electron chi connectivity index (χ0n) is 10.9. The van der Waals surface area contributed by atoms with E-state index < -0.39 is 0 Å². The van der Waals surface area contributed by atoms with Crippen LogP contribution < -0.4 is 11.1 Å². The SMILES string of the molecule is CCC1C(=O)NC(=O)CN1C(CN)c1cccnc1. The summed E-state index contributed by atoms with van der Waals surface area (Å²) in [6, 6.07) is 3.24. The summed E-state index contributed by atoms with van der Waals surface area (Å²) < 4.78 is 0. The molecule has 2 rings (SSSR count). The third-order valence-corrected chi connectivity index (χ3v) is 3.37. The Hall–Kier alpha value is -1.79. The summed E-state index contributed by atoms with van der Waals surface area (Å²) >= 11 is 0. The van der Waals surface area contributed by atoms with E-state index in [0.29, 0.717) is 13.0 Å². The number of nitrogens with two attached hydrogens (primary N) is 1. The Balaban J connectivity index is 2.30. The number of pyridine rings is 1. The molecule has 0 radical (unpaired) electrons. The van der Waals surface area contributed by atoms with Gasteiger partial charge in [0.1, 0.15) is 0 Å². The number of aromatic nitrogens is 1. The predicted molar refractivity (Wildman–Crippen MR) is 70.0 cm³/mol. The van der Waals surface area contributed by atoms with Crippen molar-refractivity contribution in [2.45, 2.75) is 25.4 Å². The highest BCUT2D eigenvalue weighted by Gasteiger charge is 2.36. The predicted octanol–water partition coefficient (Wildman–Crippen LogP) is -0.182. The second-order valence-electron chi connectivity index (χ2n) is 4.55. The van der Waals surface area contributed by atoms with Crippen molar-refractivity contribution in [3.63, 3.8) is 0 Å². The van der Waals surface area contributed by atoms with Crippen LogP contribution in [0.3, 0.4) is 0 Å². The summed E-state index contributed by atoms with van der Waals surface area (Å²) in [5, 5.41) is 2.36. The molecule has 0 aromatic carbocycles. The van der Waals surface area contributed by atoms with Crippen LogP contribution in [-0.4, -0.2) is 40.8 Å². The van der Waals surface area contributed by atoms with E-state index in [1.54, 1.807) is 12.4 Å². The fourth-order valence-electron chi connectivity index (χ4n) is 2.47. The molecule has 1 saturated heterocycles. The lowest BCUT2D eigenvalue weighted by atomic mass is 10.0. The highest BCUT2D eigenvalue weighted by molar-refractivity contribution is 6.01. The Morgan fingerprint density at radius 3 is 2.95 bits per heavy atom. The summed E-state index contributed by atoms with van der Waals surface area (Å²) in [6.45, 7) is 2.44. The average Bonchev–Trinajstić information content (AvgIpc) is 2.40. The molecule has 2 unspecified atom stereocenters. The quantitative estimate of drug-likeness (QED) is 0.735. The highest BCUT2D eigenvalue weighted by Crippen LogP contribution is 2.24. The molecule has 1 aliphatic rings. The Morgan fingerprint density at radius 2 is 2.37 bits per heavy atom. The number of nitrogens with zero attached hydrogens (tertiary/aromatic N) is 2. The standard InChI is InChI=1S/C13H18N4O2/c1-2-10-13(19)16-12(18)8-17(10)11(6-14)9-4-3-5-15-7-9/h3-5,7,10-11H,2,6,8,14H2,1H3,(H,16,18,19). The van der Waals surface area contributed by atoms with E-state index in [1.165, 1.54) is 0 Å². The molecule has 6 heteroatoms. The smallest absolute Gasteiger partial charge is 0.243 e. The lowest BCUT2D eigenvalue weighted by Gasteiger charge is -2.38. The van der Waals surface area contributed by atoms with Gasteiger partial charge in [0.05, 0.1) is 12.6 Å². The van der Waals surface area contributed by atoms with Crippen LogP contribution in [0.25, 0.3) is 0 Å². The number of hydrogen-bond donors (Lipinski definition) is 2. The molecule has 1 aromatic heterocycles. The average molecular weight is 262 g/mol. The van der Waals surface area contributed by atoms with Crippen molar-refractivity contribution in [3.05, 3.63) is 30.1 Å². The fraction of sp³-hybridized carbons (Fsp3) is 0.462. The molecular formula is C13H18N4O2. The monoisotopic (exact) mass is 262 g/mol. The van der Waals surface area contributed by atoms with E-state index >= 15 is 0 Å². The van der Waals surface area contributed by atoms with Crippen LogP contribution in [-0.2, 0) is 9.59 Å². The van der Waals surface area contributed by atoms with Gasteiger partial charge in [-0.2, -0.15) is 0 Å². The maximum atomic E-state index is 11.9. The van der Waals surface area contributed by atoms with Crippen LogP contribution in [0.2, 0.25) is 0 Å². The van der Waals surface area contributed by atoms with E-state index in [2.05, 4.69) is 10.3 Å². The zero-order valence-corrected chi connectivity index (χ0v) is 10.9. The number of hydrogen-bond acceptors (Lipinski definition) is 5. The lowest BCUT2D eigenvalue weighted by Crippen LogP contribution is -2.59. The van der Waals surface area contributed by atoms with Gasteiger partial charge in [0.25, 0.3) is 0 Å². The molecule has 1 aliphatic heterocycles. The van der Waals surface area contributed by atoms with Gasteiger partial charge in [0.15, 0.2) is 0 Å². The first-order valence-corrected chi connectivity index (χ1v) is 6.36. The van der Waals surface area contributed by atoms with Crippen LogP contribution in [0.5, 0.6) is 0 Å². The van der Waals surface area contributed by atoms with Crippen molar-refractivity contribution < 1.29 is 9.59 Å². The molecule has 0 aliphatic carbocycles. The third-order valence-electron chi connectivity index (χ3n) is 3.37. The molecule has 2 atom stereocenters. The van der Waals surface area contributed by atoms with Gasteiger partial charge in [-0.3, -0.25) is 24.8 Å². The Labute approximate surface area is 112 Å². The minimum atomic E-state index is -0.327. The van der Waals surface area contributed by atoms with Crippen molar-refractivity contribution in [2.24, 2.45) is 5.73 Å². The van der Waals surface area contributed by atoms with Crippen molar-refractivity contribution in [1.29, 1.82) is 0 Å². The first-order valence-electron chi connectivity index (χ1n) is 6.36. The number of amides is 2. The molecule has 6 nitrogen and oxygen atoms in total. The van der Waals surface area contributed by atoms with Gasteiger partial charge < -0.3 is 5.73 Å². The normalized spacial score (nSPS) is 22.1. The molecule has 3 N–H and O–H groups in total. The van der Waals surface area contributed by atoms with Crippen LogP contribution in [0.1, 0.15) is 24.9 Å². The van der Waals surface area contributed by atoms with E-state index in [1.807, 2.05) is 24.0 Å². The first-order chi connectivity index (χ1) is 9.17. The molecule has 2 heterocycles. The largest absolute Gasteiger partial charge is 0.329 e. The van der Waals surface area contributed by atoms with Crippen molar-refractivity contribution >= 4 is 11.8 Å². The van der Waals surface area contributed by atoms with Crippen molar-refractivity contribution in [3.8, 4) is 0 Å². The summed E-state index contributed by atoms with van der Waals surface area (Å²) in [6.07, 6.45) is 4.04. The van der Waals surface area contributed by atoms with E-state index in [9.17, 15) is 9.59 Å². The maximum Gasteiger partial charge on any atom is 0.243 e. The zero-order chi connectivity index (χ0) is 13.8. The minimum Gasteiger partial charge on any atom is -0.329 e. The van der Waals surface area contributed by atoms with E-state index in [4.69, 9.17) is 5.73 Å². The highest BCUT2D eigenvalue weighted by atomic mass is 16.2. The third kappa shape index (κ3) is 2.80. The topological polar surface area (TPSA) is 88.3 Å². The molecule has 0 saturated carbocycles. The van der Waals surface area contributed by atoms with Crippen LogP contribution >= 0.6 is 0 Å². The van der Waals surface area contributed by atoms with E-state index in [-0.39, 0.29) is 30.4 Å². The number of piperazine rings is 1. The van der Waals surface area contributed by atoms with Gasteiger partial charge >= 0.3 is 0 Å². The molecule has 2 amide bonds. The number of carbonyl (C=O) groups is 2. The molecule has 1 fully saturated rings. The maximum absolute atomic E-state index is 11.9. The van der Waals surface area contributed by atoms with Gasteiger partial charge in [0, 0.05) is 25.0 Å². The second kappa shape index (κ2) is 5.90. The molecule has 19 heavy (non-hydrogen) atoms. The number of nitrogens with one attached hydrogen (secondary N) is 1. The Kier molecular flexibility index (Phi) is 4.24. The Morgan fingerprint density at radius 1 is 1.58 bits per heavy atom. The number of carbonyl (C=O) groups excluding carboxylic acids is 2. The number of imide groups is 1. The molecule has 0 spiro atoms. The summed E-state index contributed by atoms with van der Waals surface area (Å²) in [7, 11) is 0. The Bertz CT molecular complexity index is 463. The molecular weight excluding hydrogens is 244 g/mol. The van der Waals surface area contributed by atoms with Gasteiger partial charge in [-0.15, -0.1) is 0 Å². The van der Waals surface area contributed by atoms with Crippen LogP contribution in [0, 0.1) is 0 Å². The van der Waals surface area contributed by atoms with Crippen molar-refractivity contribution in [1.82, 2.24) is 15.2 Å². The second-order valence-corrected chi connectivity index (χ2v) is 4.55. The summed E-state index contributed by atoms with van der Waals surface area (Å²) in [4.78, 5) is 29.4. The van der Waals surface area contributed by atoms with Gasteiger partial charge in [0.2, 0.25) is 11.8 Å². The molecule has 102 valence electrons. The fourth-order valence-corrected chi connectivity index (χ4v) is 2.47. The molecule has 0 bridgehead atoms. The van der Waals surface area contributed by atoms with Gasteiger partial charge in [-0.05, 0) is 18.1 Å². The summed E-state index contributed by atoms with van der Waals surface area (Å²) in [5.74, 6) is -0.530. The van der Waals surface area contributed by atoms with Crippen LogP contribution in [0.4, 0.5) is 0 Å². The van der Waals surface area contributed by atoms with Gasteiger partial charge in [-0.25, -0.2) is 0 Å².